The minimum atomic E-state index is 0. The molecule has 0 aliphatic carbocycles. The lowest BCUT2D eigenvalue weighted by Crippen LogP contribution is -2.42. The summed E-state index contributed by atoms with van der Waals surface area (Å²) in [6, 6.07) is 0.404. The molecule has 0 rings (SSSR count). The number of nitrogens with one attached hydrogen (secondary N) is 3. The van der Waals surface area contributed by atoms with E-state index >= 15 is 0 Å². The molecule has 138 valence electrons. The standard InChI is InChI=1S/C17H36N4O.HI/c1-7-18-17(20-12-11-19-16(22)14(4)5)21-15(6)10-8-9-13(2)3;/h13-15H,7-12H2,1-6H3,(H,19,22)(H2,18,20,21);1H. The van der Waals surface area contributed by atoms with Crippen LogP contribution < -0.4 is 16.0 Å². The van der Waals surface area contributed by atoms with E-state index in [4.69, 9.17) is 0 Å². The van der Waals surface area contributed by atoms with Crippen molar-refractivity contribution in [2.45, 2.75) is 66.8 Å². The summed E-state index contributed by atoms with van der Waals surface area (Å²) in [5.41, 5.74) is 0. The van der Waals surface area contributed by atoms with E-state index in [2.05, 4.69) is 48.6 Å². The van der Waals surface area contributed by atoms with Gasteiger partial charge in [-0.05, 0) is 26.2 Å². The Morgan fingerprint density at radius 2 is 1.70 bits per heavy atom. The van der Waals surface area contributed by atoms with E-state index in [0.717, 1.165) is 24.8 Å². The third-order valence-corrected chi connectivity index (χ3v) is 3.35. The van der Waals surface area contributed by atoms with Gasteiger partial charge in [0.25, 0.3) is 0 Å². The molecule has 0 saturated heterocycles. The van der Waals surface area contributed by atoms with Gasteiger partial charge in [0.2, 0.25) is 5.91 Å². The molecule has 0 bridgehead atoms. The van der Waals surface area contributed by atoms with Crippen LogP contribution in [0.15, 0.2) is 4.99 Å². The van der Waals surface area contributed by atoms with Crippen molar-refractivity contribution < 1.29 is 4.79 Å². The summed E-state index contributed by atoms with van der Waals surface area (Å²) in [6.07, 6.45) is 3.64. The highest BCUT2D eigenvalue weighted by Gasteiger charge is 2.07. The molecule has 0 heterocycles. The van der Waals surface area contributed by atoms with Crippen LogP contribution in [0.3, 0.4) is 0 Å². The lowest BCUT2D eigenvalue weighted by Gasteiger charge is -2.18. The molecule has 23 heavy (non-hydrogen) atoms. The molecule has 3 N–H and O–H groups in total. The van der Waals surface area contributed by atoms with Crippen LogP contribution in [0.1, 0.15) is 60.8 Å². The third-order valence-electron chi connectivity index (χ3n) is 3.35. The first kappa shape index (κ1) is 24.7. The van der Waals surface area contributed by atoms with Gasteiger partial charge in [-0.1, -0.05) is 40.5 Å². The summed E-state index contributed by atoms with van der Waals surface area (Å²) < 4.78 is 0. The van der Waals surface area contributed by atoms with Gasteiger partial charge in [0.05, 0.1) is 6.54 Å². The Labute approximate surface area is 159 Å². The normalized spacial score (nSPS) is 12.8. The predicted octanol–water partition coefficient (Wildman–Crippen LogP) is 3.15. The van der Waals surface area contributed by atoms with E-state index in [0.29, 0.717) is 19.1 Å². The average Bonchev–Trinajstić information content (AvgIpc) is 2.42. The van der Waals surface area contributed by atoms with Gasteiger partial charge in [-0.3, -0.25) is 9.79 Å². The molecule has 0 aliphatic rings. The first-order valence-corrected chi connectivity index (χ1v) is 8.69. The van der Waals surface area contributed by atoms with Crippen molar-refractivity contribution in [3.63, 3.8) is 0 Å². The smallest absolute Gasteiger partial charge is 0.222 e. The molecular weight excluding hydrogens is 403 g/mol. The molecule has 1 unspecified atom stereocenters. The zero-order chi connectivity index (χ0) is 17.0. The predicted molar refractivity (Wildman–Crippen MR) is 111 cm³/mol. The fraction of sp³-hybridized carbons (Fsp3) is 0.882. The van der Waals surface area contributed by atoms with Gasteiger partial charge in [-0.25, -0.2) is 0 Å². The van der Waals surface area contributed by atoms with Gasteiger partial charge in [0.15, 0.2) is 5.96 Å². The topological polar surface area (TPSA) is 65.5 Å². The highest BCUT2D eigenvalue weighted by atomic mass is 127. The maximum Gasteiger partial charge on any atom is 0.222 e. The number of nitrogens with zero attached hydrogens (tertiary/aromatic N) is 1. The van der Waals surface area contributed by atoms with Crippen molar-refractivity contribution in [3.05, 3.63) is 0 Å². The first-order valence-electron chi connectivity index (χ1n) is 8.69. The van der Waals surface area contributed by atoms with Crippen LogP contribution in [0.2, 0.25) is 0 Å². The van der Waals surface area contributed by atoms with Crippen molar-refractivity contribution in [1.29, 1.82) is 0 Å². The molecule has 6 heteroatoms. The summed E-state index contributed by atoms with van der Waals surface area (Å²) in [4.78, 5) is 16.0. The van der Waals surface area contributed by atoms with Gasteiger partial charge in [0, 0.05) is 25.0 Å². The van der Waals surface area contributed by atoms with Crippen molar-refractivity contribution in [2.24, 2.45) is 16.8 Å². The zero-order valence-electron chi connectivity index (χ0n) is 15.7. The second-order valence-electron chi connectivity index (χ2n) is 6.58. The Morgan fingerprint density at radius 1 is 1.04 bits per heavy atom. The Bertz CT molecular complexity index is 333. The summed E-state index contributed by atoms with van der Waals surface area (Å²) in [7, 11) is 0. The number of halogens is 1. The minimum Gasteiger partial charge on any atom is -0.357 e. The van der Waals surface area contributed by atoms with Crippen molar-refractivity contribution in [1.82, 2.24) is 16.0 Å². The van der Waals surface area contributed by atoms with Crippen LogP contribution in [0.25, 0.3) is 0 Å². The van der Waals surface area contributed by atoms with E-state index in [1.807, 2.05) is 13.8 Å². The average molecular weight is 440 g/mol. The number of guanidine groups is 1. The summed E-state index contributed by atoms with van der Waals surface area (Å²) >= 11 is 0. The van der Waals surface area contributed by atoms with E-state index in [1.54, 1.807) is 0 Å². The van der Waals surface area contributed by atoms with E-state index in [1.165, 1.54) is 12.8 Å². The fourth-order valence-corrected chi connectivity index (χ4v) is 2.01. The second kappa shape index (κ2) is 15.0. The van der Waals surface area contributed by atoms with E-state index in [9.17, 15) is 4.79 Å². The van der Waals surface area contributed by atoms with Crippen LogP contribution in [0.4, 0.5) is 0 Å². The summed E-state index contributed by atoms with van der Waals surface area (Å²) in [5, 5.41) is 9.56. The second-order valence-corrected chi connectivity index (χ2v) is 6.58. The number of carbonyl (C=O) groups is 1. The van der Waals surface area contributed by atoms with Crippen molar-refractivity contribution >= 4 is 35.8 Å². The number of amides is 1. The number of rotatable bonds is 10. The molecule has 1 amide bonds. The largest absolute Gasteiger partial charge is 0.357 e. The molecule has 0 aliphatic heterocycles. The molecule has 0 spiro atoms. The number of hydrogen-bond donors (Lipinski definition) is 3. The van der Waals surface area contributed by atoms with Gasteiger partial charge in [0.1, 0.15) is 0 Å². The van der Waals surface area contributed by atoms with Crippen molar-refractivity contribution in [2.75, 3.05) is 19.6 Å². The Balaban J connectivity index is 0. The van der Waals surface area contributed by atoms with Gasteiger partial charge < -0.3 is 16.0 Å². The lowest BCUT2D eigenvalue weighted by atomic mass is 10.0. The quantitative estimate of drug-likeness (QED) is 0.212. The monoisotopic (exact) mass is 440 g/mol. The molecule has 0 aromatic heterocycles. The number of hydrogen-bond acceptors (Lipinski definition) is 2. The summed E-state index contributed by atoms with van der Waals surface area (Å²) in [6.45, 7) is 14.6. The van der Waals surface area contributed by atoms with Crippen LogP contribution >= 0.6 is 24.0 Å². The van der Waals surface area contributed by atoms with E-state index in [-0.39, 0.29) is 35.8 Å². The molecule has 0 aromatic carbocycles. The Hall–Kier alpha value is -0.530. The molecular formula is C17H37IN4O. The number of carbonyl (C=O) groups excluding carboxylic acids is 1. The Morgan fingerprint density at radius 3 is 2.22 bits per heavy atom. The SMILES string of the molecule is CCNC(=NCCNC(=O)C(C)C)NC(C)CCCC(C)C.I. The molecule has 5 nitrogen and oxygen atoms in total. The zero-order valence-corrected chi connectivity index (χ0v) is 18.1. The minimum absolute atomic E-state index is 0. The summed E-state index contributed by atoms with van der Waals surface area (Å²) in [5.74, 6) is 1.70. The fourth-order valence-electron chi connectivity index (χ4n) is 2.01. The molecule has 0 saturated carbocycles. The van der Waals surface area contributed by atoms with Gasteiger partial charge in [-0.15, -0.1) is 24.0 Å². The Kier molecular flexibility index (Phi) is 16.1. The molecule has 0 radical (unpaired) electrons. The maximum atomic E-state index is 11.5. The van der Waals surface area contributed by atoms with Gasteiger partial charge >= 0.3 is 0 Å². The first-order chi connectivity index (χ1) is 10.4. The van der Waals surface area contributed by atoms with Crippen LogP contribution in [-0.2, 0) is 4.79 Å². The van der Waals surface area contributed by atoms with Crippen LogP contribution in [-0.4, -0.2) is 37.5 Å². The molecule has 1 atom stereocenters. The highest BCUT2D eigenvalue weighted by molar-refractivity contribution is 14.0. The van der Waals surface area contributed by atoms with Crippen LogP contribution in [0.5, 0.6) is 0 Å². The van der Waals surface area contributed by atoms with Crippen molar-refractivity contribution in [3.8, 4) is 0 Å². The van der Waals surface area contributed by atoms with E-state index < -0.39 is 0 Å². The third kappa shape index (κ3) is 14.8. The van der Waals surface area contributed by atoms with Gasteiger partial charge in [-0.2, -0.15) is 0 Å². The number of aliphatic imine (C=N–C) groups is 1. The maximum absolute atomic E-state index is 11.5. The highest BCUT2D eigenvalue weighted by Crippen LogP contribution is 2.08. The lowest BCUT2D eigenvalue weighted by molar-refractivity contribution is -0.123. The molecule has 0 aromatic rings. The van der Waals surface area contributed by atoms with Crippen LogP contribution in [0, 0.1) is 11.8 Å². The molecule has 0 fully saturated rings.